The third-order valence-corrected chi connectivity index (χ3v) is 2.75. The number of hydrogen-bond acceptors (Lipinski definition) is 4. The maximum absolute atomic E-state index is 8.49. The van der Waals surface area contributed by atoms with Crippen molar-refractivity contribution in [2.45, 2.75) is 26.7 Å². The van der Waals surface area contributed by atoms with Crippen molar-refractivity contribution in [3.8, 4) is 5.75 Å². The highest BCUT2D eigenvalue weighted by atomic mass is 16.5. The van der Waals surface area contributed by atoms with Gasteiger partial charge in [0.25, 0.3) is 0 Å². The van der Waals surface area contributed by atoms with Crippen molar-refractivity contribution in [2.75, 3.05) is 6.61 Å². The molecule has 0 aliphatic rings. The molecule has 0 aliphatic heterocycles. The molecule has 1 heterocycles. The van der Waals surface area contributed by atoms with Gasteiger partial charge in [0.1, 0.15) is 11.4 Å². The Labute approximate surface area is 101 Å². The number of oxime groups is 1. The van der Waals surface area contributed by atoms with Crippen molar-refractivity contribution in [3.63, 3.8) is 0 Å². The summed E-state index contributed by atoms with van der Waals surface area (Å²) in [5, 5.41) is 11.4. The Morgan fingerprint density at radius 3 is 2.65 bits per heavy atom. The molecular weight excluding hydrogens is 218 g/mol. The number of rotatable bonds is 6. The molecule has 1 aromatic heterocycles. The minimum atomic E-state index is -0.00320. The van der Waals surface area contributed by atoms with E-state index in [-0.39, 0.29) is 5.84 Å². The number of nitrogens with zero attached hydrogens (tertiary/aromatic N) is 2. The van der Waals surface area contributed by atoms with E-state index >= 15 is 0 Å². The third kappa shape index (κ3) is 3.94. The van der Waals surface area contributed by atoms with Crippen LogP contribution in [0.1, 0.15) is 32.4 Å². The van der Waals surface area contributed by atoms with E-state index in [2.05, 4.69) is 24.0 Å². The van der Waals surface area contributed by atoms with Crippen LogP contribution in [-0.2, 0) is 0 Å². The molecule has 1 rings (SSSR count). The van der Waals surface area contributed by atoms with Crippen molar-refractivity contribution >= 4 is 5.84 Å². The topological polar surface area (TPSA) is 80.7 Å². The first-order valence-electron chi connectivity index (χ1n) is 5.78. The van der Waals surface area contributed by atoms with Crippen LogP contribution in [0, 0.1) is 5.92 Å². The van der Waals surface area contributed by atoms with E-state index in [1.54, 1.807) is 18.3 Å². The van der Waals surface area contributed by atoms with E-state index in [4.69, 9.17) is 15.7 Å². The lowest BCUT2D eigenvalue weighted by molar-refractivity contribution is 0.240. The number of aromatic nitrogens is 1. The Bertz CT molecular complexity index is 359. The summed E-state index contributed by atoms with van der Waals surface area (Å²) in [6.07, 6.45) is 3.79. The molecule has 94 valence electrons. The summed E-state index contributed by atoms with van der Waals surface area (Å²) < 4.78 is 5.61. The second kappa shape index (κ2) is 6.73. The summed E-state index contributed by atoms with van der Waals surface area (Å²) in [5.74, 6) is 1.27. The van der Waals surface area contributed by atoms with Gasteiger partial charge in [0.05, 0.1) is 12.8 Å². The average molecular weight is 237 g/mol. The summed E-state index contributed by atoms with van der Waals surface area (Å²) in [5.41, 5.74) is 5.84. The van der Waals surface area contributed by atoms with E-state index in [1.807, 2.05) is 0 Å². The van der Waals surface area contributed by atoms with Crippen molar-refractivity contribution in [3.05, 3.63) is 24.0 Å². The van der Waals surface area contributed by atoms with E-state index in [0.29, 0.717) is 24.0 Å². The molecule has 5 heteroatoms. The maximum atomic E-state index is 8.49. The van der Waals surface area contributed by atoms with Gasteiger partial charge < -0.3 is 15.7 Å². The van der Waals surface area contributed by atoms with Crippen LogP contribution in [-0.4, -0.2) is 22.6 Å². The molecule has 0 aromatic carbocycles. The summed E-state index contributed by atoms with van der Waals surface area (Å²) in [6, 6.07) is 3.43. The lowest BCUT2D eigenvalue weighted by Gasteiger charge is -2.13. The summed E-state index contributed by atoms with van der Waals surface area (Å²) in [7, 11) is 0. The van der Waals surface area contributed by atoms with Gasteiger partial charge in [-0.2, -0.15) is 0 Å². The van der Waals surface area contributed by atoms with Crippen molar-refractivity contribution in [1.29, 1.82) is 0 Å². The Balaban J connectivity index is 2.57. The van der Waals surface area contributed by atoms with Gasteiger partial charge in [0, 0.05) is 0 Å². The molecule has 0 saturated heterocycles. The fourth-order valence-electron chi connectivity index (χ4n) is 1.41. The summed E-state index contributed by atoms with van der Waals surface area (Å²) in [6.45, 7) is 4.99. The largest absolute Gasteiger partial charge is 0.492 e. The van der Waals surface area contributed by atoms with Gasteiger partial charge in [-0.25, -0.2) is 4.98 Å². The zero-order chi connectivity index (χ0) is 12.7. The van der Waals surface area contributed by atoms with Gasteiger partial charge in [-0.05, 0) is 18.1 Å². The van der Waals surface area contributed by atoms with E-state index in [9.17, 15) is 0 Å². The van der Waals surface area contributed by atoms with Gasteiger partial charge in [0.2, 0.25) is 0 Å². The standard InChI is InChI=1S/C12H19N3O2/c1-3-9(4-2)8-17-10-5-6-11(14-7-10)12(13)15-16/h5-7,9,16H,3-4,8H2,1-2H3,(H2,13,15). The molecule has 0 unspecified atom stereocenters. The molecule has 0 amide bonds. The highest BCUT2D eigenvalue weighted by Crippen LogP contribution is 2.13. The second-order valence-electron chi connectivity index (χ2n) is 3.86. The van der Waals surface area contributed by atoms with Crippen molar-refractivity contribution in [1.82, 2.24) is 4.98 Å². The van der Waals surface area contributed by atoms with Gasteiger partial charge in [0.15, 0.2) is 5.84 Å². The monoisotopic (exact) mass is 237 g/mol. The predicted molar refractivity (Wildman–Crippen MR) is 66.3 cm³/mol. The van der Waals surface area contributed by atoms with Crippen molar-refractivity contribution < 1.29 is 9.94 Å². The number of nitrogens with two attached hydrogens (primary N) is 1. The number of pyridine rings is 1. The van der Waals surface area contributed by atoms with E-state index < -0.39 is 0 Å². The number of ether oxygens (including phenoxy) is 1. The fraction of sp³-hybridized carbons (Fsp3) is 0.500. The highest BCUT2D eigenvalue weighted by molar-refractivity contribution is 5.95. The Hall–Kier alpha value is -1.78. The van der Waals surface area contributed by atoms with Crippen LogP contribution in [0.5, 0.6) is 5.75 Å². The zero-order valence-electron chi connectivity index (χ0n) is 10.3. The lowest BCUT2D eigenvalue weighted by Crippen LogP contribution is -2.15. The van der Waals surface area contributed by atoms with Gasteiger partial charge in [-0.15, -0.1) is 0 Å². The molecular formula is C12H19N3O2. The molecule has 0 spiro atoms. The highest BCUT2D eigenvalue weighted by Gasteiger charge is 2.05. The molecule has 0 atom stereocenters. The number of hydrogen-bond donors (Lipinski definition) is 2. The Morgan fingerprint density at radius 2 is 2.18 bits per heavy atom. The summed E-state index contributed by atoms with van der Waals surface area (Å²) >= 11 is 0. The third-order valence-electron chi connectivity index (χ3n) is 2.75. The fourth-order valence-corrected chi connectivity index (χ4v) is 1.41. The minimum Gasteiger partial charge on any atom is -0.492 e. The maximum Gasteiger partial charge on any atom is 0.188 e. The Kier molecular flexibility index (Phi) is 5.26. The van der Waals surface area contributed by atoms with Crippen LogP contribution in [0.2, 0.25) is 0 Å². The van der Waals surface area contributed by atoms with E-state index in [0.717, 1.165) is 12.8 Å². The number of amidine groups is 1. The Morgan fingerprint density at radius 1 is 1.47 bits per heavy atom. The van der Waals surface area contributed by atoms with Gasteiger partial charge in [-0.3, -0.25) is 0 Å². The molecule has 0 fully saturated rings. The first kappa shape index (κ1) is 13.3. The first-order chi connectivity index (χ1) is 8.21. The van der Waals surface area contributed by atoms with Crippen LogP contribution >= 0.6 is 0 Å². The molecule has 0 saturated carbocycles. The second-order valence-corrected chi connectivity index (χ2v) is 3.86. The van der Waals surface area contributed by atoms with Crippen LogP contribution < -0.4 is 10.5 Å². The SMILES string of the molecule is CCC(CC)COc1ccc(/C(N)=N/O)nc1. The average Bonchev–Trinajstić information content (AvgIpc) is 2.39. The normalized spacial score (nSPS) is 11.8. The van der Waals surface area contributed by atoms with Crippen LogP contribution in [0.4, 0.5) is 0 Å². The molecule has 3 N–H and O–H groups in total. The minimum absolute atomic E-state index is 0.00320. The molecule has 0 bridgehead atoms. The van der Waals surface area contributed by atoms with E-state index in [1.165, 1.54) is 0 Å². The van der Waals surface area contributed by atoms with Crippen LogP contribution in [0.25, 0.3) is 0 Å². The summed E-state index contributed by atoms with van der Waals surface area (Å²) in [4.78, 5) is 4.04. The molecule has 0 radical (unpaired) electrons. The molecule has 1 aromatic rings. The van der Waals surface area contributed by atoms with Gasteiger partial charge in [-0.1, -0.05) is 31.8 Å². The smallest absolute Gasteiger partial charge is 0.188 e. The quantitative estimate of drug-likeness (QED) is 0.343. The first-order valence-corrected chi connectivity index (χ1v) is 5.78. The van der Waals surface area contributed by atoms with Crippen molar-refractivity contribution in [2.24, 2.45) is 16.8 Å². The predicted octanol–water partition coefficient (Wildman–Crippen LogP) is 1.99. The molecule has 17 heavy (non-hydrogen) atoms. The van der Waals surface area contributed by atoms with Crippen LogP contribution in [0.15, 0.2) is 23.5 Å². The van der Waals surface area contributed by atoms with Crippen LogP contribution in [0.3, 0.4) is 0 Å². The zero-order valence-corrected chi connectivity index (χ0v) is 10.3. The molecule has 5 nitrogen and oxygen atoms in total. The van der Waals surface area contributed by atoms with Gasteiger partial charge >= 0.3 is 0 Å². The molecule has 0 aliphatic carbocycles. The lowest BCUT2D eigenvalue weighted by atomic mass is 10.1.